The van der Waals surface area contributed by atoms with Crippen LogP contribution in [-0.2, 0) is 6.42 Å². The van der Waals surface area contributed by atoms with Crippen LogP contribution in [0.25, 0.3) is 11.1 Å². The summed E-state index contributed by atoms with van der Waals surface area (Å²) in [5, 5.41) is 0. The van der Waals surface area contributed by atoms with Crippen molar-refractivity contribution >= 4 is 0 Å². The Kier molecular flexibility index (Phi) is 11.8. The molecule has 2 aromatic carbocycles. The first-order chi connectivity index (χ1) is 18.8. The molecule has 2 aromatic rings. The van der Waals surface area contributed by atoms with Crippen LogP contribution in [0.5, 0.6) is 11.5 Å². The van der Waals surface area contributed by atoms with Gasteiger partial charge in [-0.05, 0) is 104 Å². The Hall–Kier alpha value is -1.96. The van der Waals surface area contributed by atoms with Gasteiger partial charge in [0.2, 0.25) is 0 Å². The number of hydrogen-bond donors (Lipinski definition) is 0. The minimum Gasteiger partial charge on any atom is -0.489 e. The maximum atomic E-state index is 6.71. The van der Waals surface area contributed by atoms with Gasteiger partial charge in [0.15, 0.2) is 11.5 Å². The smallest absolute Gasteiger partial charge is 0.161 e. The SMILES string of the molecule is CCc1cc(OCC(CC)(CC)CC)c(OCC(CC)(CC)CC)cc1-c1ccc(C2CCC(C)CC2)cc1. The summed E-state index contributed by atoms with van der Waals surface area (Å²) in [5.41, 5.74) is 5.84. The minimum atomic E-state index is 0.208. The average Bonchev–Trinajstić information content (AvgIpc) is 2.99. The molecule has 0 radical (unpaired) electrons. The molecule has 0 aliphatic heterocycles. The molecule has 3 rings (SSSR count). The van der Waals surface area contributed by atoms with E-state index in [2.05, 4.69) is 91.8 Å². The van der Waals surface area contributed by atoms with Crippen molar-refractivity contribution in [1.29, 1.82) is 0 Å². The highest BCUT2D eigenvalue weighted by atomic mass is 16.5. The fourth-order valence-electron chi connectivity index (χ4n) is 6.49. The highest BCUT2D eigenvalue weighted by molar-refractivity contribution is 5.71. The number of benzene rings is 2. The van der Waals surface area contributed by atoms with Crippen molar-refractivity contribution in [2.75, 3.05) is 13.2 Å². The largest absolute Gasteiger partial charge is 0.489 e. The summed E-state index contributed by atoms with van der Waals surface area (Å²) < 4.78 is 13.4. The number of aryl methyl sites for hydroxylation is 1. The van der Waals surface area contributed by atoms with Gasteiger partial charge < -0.3 is 9.47 Å². The highest BCUT2D eigenvalue weighted by Crippen LogP contribution is 2.42. The van der Waals surface area contributed by atoms with Gasteiger partial charge in [0.05, 0.1) is 13.2 Å². The molecule has 1 fully saturated rings. The maximum absolute atomic E-state index is 6.71. The molecule has 0 atom stereocenters. The van der Waals surface area contributed by atoms with Crippen LogP contribution in [0.1, 0.15) is 137 Å². The Morgan fingerprint density at radius 3 is 1.54 bits per heavy atom. The van der Waals surface area contributed by atoms with Gasteiger partial charge in [0.1, 0.15) is 0 Å². The van der Waals surface area contributed by atoms with Gasteiger partial charge in [0.25, 0.3) is 0 Å². The average molecular weight is 535 g/mol. The topological polar surface area (TPSA) is 18.5 Å². The predicted octanol–water partition coefficient (Wildman–Crippen LogP) is 11.4. The summed E-state index contributed by atoms with van der Waals surface area (Å²) in [7, 11) is 0. The van der Waals surface area contributed by atoms with E-state index >= 15 is 0 Å². The zero-order valence-corrected chi connectivity index (χ0v) is 26.6. The van der Waals surface area contributed by atoms with Gasteiger partial charge in [-0.2, -0.15) is 0 Å². The predicted molar refractivity (Wildman–Crippen MR) is 169 cm³/mol. The van der Waals surface area contributed by atoms with Gasteiger partial charge in [-0.1, -0.05) is 92.5 Å². The summed E-state index contributed by atoms with van der Waals surface area (Å²) >= 11 is 0. The molecule has 1 saturated carbocycles. The third-order valence-corrected chi connectivity index (χ3v) is 10.8. The molecule has 1 aliphatic rings. The molecule has 0 spiro atoms. The van der Waals surface area contributed by atoms with E-state index in [0.29, 0.717) is 0 Å². The van der Waals surface area contributed by atoms with Crippen molar-refractivity contribution in [2.24, 2.45) is 16.7 Å². The second kappa shape index (κ2) is 14.6. The second-order valence-corrected chi connectivity index (χ2v) is 12.6. The van der Waals surface area contributed by atoms with Crippen LogP contribution < -0.4 is 9.47 Å². The first kappa shape index (κ1) is 31.6. The maximum Gasteiger partial charge on any atom is 0.161 e. The number of hydrogen-bond acceptors (Lipinski definition) is 2. The monoisotopic (exact) mass is 534 g/mol. The molecule has 0 saturated heterocycles. The van der Waals surface area contributed by atoms with Crippen LogP contribution in [-0.4, -0.2) is 13.2 Å². The van der Waals surface area contributed by atoms with E-state index in [1.54, 1.807) is 0 Å². The van der Waals surface area contributed by atoms with Crippen molar-refractivity contribution in [3.05, 3.63) is 47.5 Å². The van der Waals surface area contributed by atoms with E-state index in [9.17, 15) is 0 Å². The third kappa shape index (κ3) is 7.62. The van der Waals surface area contributed by atoms with E-state index in [1.807, 2.05) is 0 Å². The number of ether oxygens (including phenoxy) is 2. The fraction of sp³-hybridized carbons (Fsp3) is 0.676. The Morgan fingerprint density at radius 2 is 1.10 bits per heavy atom. The molecular formula is C37H58O2. The van der Waals surface area contributed by atoms with Crippen molar-refractivity contribution in [2.45, 2.75) is 132 Å². The Balaban J connectivity index is 1.96. The standard InChI is InChI=1S/C37H58O2/c1-9-29-24-34(38-26-36(10-2,11-3)12-4)35(39-27-37(13-5,14-6)15-7)25-33(29)32-22-20-31(21-23-32)30-18-16-28(8)17-19-30/h20-25,28,30H,9-19,26-27H2,1-8H3. The molecule has 2 nitrogen and oxygen atoms in total. The molecular weight excluding hydrogens is 476 g/mol. The van der Waals surface area contributed by atoms with Crippen LogP contribution in [0.2, 0.25) is 0 Å². The quantitative estimate of drug-likeness (QED) is 0.226. The lowest BCUT2D eigenvalue weighted by molar-refractivity contribution is 0.107. The van der Waals surface area contributed by atoms with E-state index in [4.69, 9.17) is 9.47 Å². The summed E-state index contributed by atoms with van der Waals surface area (Å²) in [6.07, 6.45) is 13.1. The van der Waals surface area contributed by atoms with E-state index in [-0.39, 0.29) is 10.8 Å². The molecule has 1 aliphatic carbocycles. The third-order valence-electron chi connectivity index (χ3n) is 10.8. The van der Waals surface area contributed by atoms with Gasteiger partial charge in [-0.15, -0.1) is 0 Å². The van der Waals surface area contributed by atoms with Crippen molar-refractivity contribution < 1.29 is 9.47 Å². The van der Waals surface area contributed by atoms with Gasteiger partial charge >= 0.3 is 0 Å². The van der Waals surface area contributed by atoms with Crippen LogP contribution in [0, 0.1) is 16.7 Å². The molecule has 0 amide bonds. The van der Waals surface area contributed by atoms with Crippen LogP contribution in [0.3, 0.4) is 0 Å². The first-order valence-corrected chi connectivity index (χ1v) is 16.3. The fourth-order valence-corrected chi connectivity index (χ4v) is 6.49. The molecule has 2 heteroatoms. The molecule has 0 heterocycles. The lowest BCUT2D eigenvalue weighted by Gasteiger charge is -2.32. The molecule has 0 unspecified atom stereocenters. The normalized spacial score (nSPS) is 18.3. The number of rotatable bonds is 15. The molecule has 39 heavy (non-hydrogen) atoms. The van der Waals surface area contributed by atoms with E-state index < -0.39 is 0 Å². The molecule has 0 N–H and O–H groups in total. The van der Waals surface area contributed by atoms with Gasteiger partial charge in [-0.25, -0.2) is 0 Å². The van der Waals surface area contributed by atoms with Crippen LogP contribution in [0.15, 0.2) is 36.4 Å². The highest BCUT2D eigenvalue weighted by Gasteiger charge is 2.28. The molecule has 218 valence electrons. The summed E-state index contributed by atoms with van der Waals surface area (Å²) in [6.45, 7) is 19.9. The Labute approximate surface area is 241 Å². The first-order valence-electron chi connectivity index (χ1n) is 16.3. The Morgan fingerprint density at radius 1 is 0.641 bits per heavy atom. The van der Waals surface area contributed by atoms with Crippen LogP contribution in [0.4, 0.5) is 0 Å². The van der Waals surface area contributed by atoms with Crippen molar-refractivity contribution in [3.8, 4) is 22.6 Å². The molecule has 0 bridgehead atoms. The van der Waals surface area contributed by atoms with Gasteiger partial charge in [-0.3, -0.25) is 0 Å². The zero-order chi connectivity index (χ0) is 28.5. The minimum absolute atomic E-state index is 0.208. The van der Waals surface area contributed by atoms with Crippen LogP contribution >= 0.6 is 0 Å². The Bertz CT molecular complexity index is 972. The van der Waals surface area contributed by atoms with Gasteiger partial charge in [0, 0.05) is 10.8 Å². The lowest BCUT2D eigenvalue weighted by Crippen LogP contribution is -2.28. The summed E-state index contributed by atoms with van der Waals surface area (Å²) in [6, 6.07) is 14.0. The van der Waals surface area contributed by atoms with E-state index in [0.717, 1.165) is 81.5 Å². The van der Waals surface area contributed by atoms with Crippen molar-refractivity contribution in [3.63, 3.8) is 0 Å². The van der Waals surface area contributed by atoms with E-state index in [1.165, 1.54) is 47.9 Å². The molecule has 0 aromatic heterocycles. The second-order valence-electron chi connectivity index (χ2n) is 12.6. The lowest BCUT2D eigenvalue weighted by atomic mass is 9.79. The van der Waals surface area contributed by atoms with Crippen molar-refractivity contribution in [1.82, 2.24) is 0 Å². The summed E-state index contributed by atoms with van der Waals surface area (Å²) in [5.74, 6) is 3.43. The summed E-state index contributed by atoms with van der Waals surface area (Å²) in [4.78, 5) is 0. The zero-order valence-electron chi connectivity index (χ0n) is 26.6.